The molecule has 0 spiro atoms. The first kappa shape index (κ1) is 20.2. The third-order valence-corrected chi connectivity index (χ3v) is 4.61. The van der Waals surface area contributed by atoms with Crippen LogP contribution in [0, 0.1) is 0 Å². The van der Waals surface area contributed by atoms with Crippen LogP contribution in [0.15, 0.2) is 58.4 Å². The van der Waals surface area contributed by atoms with Crippen molar-refractivity contribution in [1.29, 1.82) is 0 Å². The number of rotatable bonds is 6. The number of para-hydroxylation sites is 1. The van der Waals surface area contributed by atoms with Crippen molar-refractivity contribution in [2.75, 3.05) is 13.7 Å². The van der Waals surface area contributed by atoms with Crippen LogP contribution in [0.2, 0.25) is 0 Å². The number of methoxy groups -OCH3 is 1. The maximum atomic E-state index is 12.3. The monoisotopic (exact) mass is 412 g/mol. The summed E-state index contributed by atoms with van der Waals surface area (Å²) in [4.78, 5) is 39.5. The molecule has 0 saturated carbocycles. The molecule has 3 rings (SSSR count). The van der Waals surface area contributed by atoms with Gasteiger partial charge < -0.3 is 19.9 Å². The van der Waals surface area contributed by atoms with Crippen molar-refractivity contribution >= 4 is 46.5 Å². The van der Waals surface area contributed by atoms with Crippen LogP contribution >= 0.6 is 11.8 Å². The molecular formula is C20H16N2O6S. The van der Waals surface area contributed by atoms with E-state index in [1.54, 1.807) is 54.6 Å². The van der Waals surface area contributed by atoms with Gasteiger partial charge in [-0.05, 0) is 47.7 Å². The summed E-state index contributed by atoms with van der Waals surface area (Å²) in [6.07, 6.45) is 1.64. The van der Waals surface area contributed by atoms with Crippen molar-refractivity contribution < 1.29 is 29.0 Å². The molecule has 148 valence electrons. The van der Waals surface area contributed by atoms with Crippen LogP contribution in [0.25, 0.3) is 6.08 Å². The summed E-state index contributed by atoms with van der Waals surface area (Å²) in [5.74, 6) is -1.55. The predicted molar refractivity (Wildman–Crippen MR) is 108 cm³/mol. The van der Waals surface area contributed by atoms with Gasteiger partial charge in [-0.2, -0.15) is 0 Å². The molecule has 0 radical (unpaired) electrons. The first-order valence-corrected chi connectivity index (χ1v) is 9.19. The third kappa shape index (κ3) is 5.23. The Morgan fingerprint density at radius 2 is 2.00 bits per heavy atom. The maximum absolute atomic E-state index is 12.3. The molecule has 2 N–H and O–H groups in total. The number of aliphatic carboxylic acids is 1. The van der Waals surface area contributed by atoms with E-state index < -0.39 is 18.5 Å². The van der Waals surface area contributed by atoms with Crippen molar-refractivity contribution in [3.63, 3.8) is 0 Å². The van der Waals surface area contributed by atoms with E-state index in [-0.39, 0.29) is 11.5 Å². The number of carbonyl (C=O) groups is 3. The zero-order chi connectivity index (χ0) is 20.8. The number of benzene rings is 2. The summed E-state index contributed by atoms with van der Waals surface area (Å²) in [5.41, 5.74) is 1.34. The maximum Gasteiger partial charge on any atom is 0.341 e. The minimum atomic E-state index is -1.08. The molecule has 1 heterocycles. The summed E-state index contributed by atoms with van der Waals surface area (Å²) < 4.78 is 9.89. The lowest BCUT2D eigenvalue weighted by molar-refractivity contribution is -0.139. The molecule has 8 nitrogen and oxygen atoms in total. The average Bonchev–Trinajstić information content (AvgIpc) is 3.05. The molecule has 1 saturated heterocycles. The molecule has 1 aliphatic rings. The highest BCUT2D eigenvalue weighted by molar-refractivity contribution is 8.18. The number of carboxylic acids is 1. The van der Waals surface area contributed by atoms with E-state index >= 15 is 0 Å². The first-order valence-electron chi connectivity index (χ1n) is 8.38. The van der Waals surface area contributed by atoms with Gasteiger partial charge in [-0.15, -0.1) is 0 Å². The molecular weight excluding hydrogens is 396 g/mol. The Bertz CT molecular complexity index is 1030. The van der Waals surface area contributed by atoms with Gasteiger partial charge in [0.1, 0.15) is 5.75 Å². The molecule has 0 aliphatic carbocycles. The molecule has 2 aromatic carbocycles. The number of thioether (sulfide) groups is 1. The van der Waals surface area contributed by atoms with Crippen LogP contribution in [0.1, 0.15) is 15.9 Å². The lowest BCUT2D eigenvalue weighted by Crippen LogP contribution is -2.19. The van der Waals surface area contributed by atoms with E-state index in [4.69, 9.17) is 14.6 Å². The predicted octanol–water partition coefficient (Wildman–Crippen LogP) is 2.83. The van der Waals surface area contributed by atoms with Crippen LogP contribution in [0.5, 0.6) is 5.75 Å². The van der Waals surface area contributed by atoms with Gasteiger partial charge in [-0.1, -0.05) is 24.3 Å². The highest BCUT2D eigenvalue weighted by atomic mass is 32.2. The van der Waals surface area contributed by atoms with E-state index in [1.165, 1.54) is 7.11 Å². The van der Waals surface area contributed by atoms with Gasteiger partial charge in [0.15, 0.2) is 11.8 Å². The largest absolute Gasteiger partial charge is 0.482 e. The highest BCUT2D eigenvalue weighted by Crippen LogP contribution is 2.30. The topological polar surface area (TPSA) is 114 Å². The second kappa shape index (κ2) is 9.07. The Morgan fingerprint density at radius 3 is 2.76 bits per heavy atom. The van der Waals surface area contributed by atoms with Crippen LogP contribution < -0.4 is 10.1 Å². The van der Waals surface area contributed by atoms with Crippen molar-refractivity contribution in [1.82, 2.24) is 5.32 Å². The van der Waals surface area contributed by atoms with Gasteiger partial charge in [-0.25, -0.2) is 14.6 Å². The van der Waals surface area contributed by atoms with Gasteiger partial charge in [-0.3, -0.25) is 4.79 Å². The van der Waals surface area contributed by atoms with Gasteiger partial charge in [0, 0.05) is 0 Å². The number of amides is 1. The molecule has 1 fully saturated rings. The zero-order valence-corrected chi connectivity index (χ0v) is 16.1. The number of aliphatic imine (C=N–C) groups is 1. The van der Waals surface area contributed by atoms with Gasteiger partial charge in [0.25, 0.3) is 5.91 Å². The Balaban J connectivity index is 1.81. The number of nitrogens with zero attached hydrogens (tertiary/aromatic N) is 1. The lowest BCUT2D eigenvalue weighted by atomic mass is 10.2. The standard InChI is InChI=1S/C20H16N2O6S/c1-27-19(26)14-7-2-3-8-15(14)21-20-22-18(25)16(29-20)10-12-5-4-6-13(9-12)28-11-17(23)24/h2-10H,11H2,1H3,(H,23,24)(H,21,22,25)/b16-10+. The zero-order valence-electron chi connectivity index (χ0n) is 15.2. The number of hydrogen-bond acceptors (Lipinski definition) is 7. The Kier molecular flexibility index (Phi) is 6.30. The highest BCUT2D eigenvalue weighted by Gasteiger charge is 2.24. The summed E-state index contributed by atoms with van der Waals surface area (Å²) >= 11 is 1.12. The summed E-state index contributed by atoms with van der Waals surface area (Å²) in [6.45, 7) is -0.453. The molecule has 29 heavy (non-hydrogen) atoms. The van der Waals surface area contributed by atoms with Gasteiger partial charge in [0.2, 0.25) is 0 Å². The number of esters is 1. The number of carboxylic acid groups (broad SMARTS) is 1. The number of ether oxygens (including phenoxy) is 2. The fourth-order valence-electron chi connectivity index (χ4n) is 2.43. The second-order valence-electron chi connectivity index (χ2n) is 5.75. The van der Waals surface area contributed by atoms with E-state index in [2.05, 4.69) is 10.3 Å². The quantitative estimate of drug-likeness (QED) is 0.554. The van der Waals surface area contributed by atoms with E-state index in [9.17, 15) is 14.4 Å². The molecule has 9 heteroatoms. The molecule has 2 aromatic rings. The Hall–Kier alpha value is -3.59. The summed E-state index contributed by atoms with van der Waals surface area (Å²) in [5, 5.41) is 11.7. The van der Waals surface area contributed by atoms with E-state index in [0.29, 0.717) is 27.1 Å². The smallest absolute Gasteiger partial charge is 0.341 e. The fourth-order valence-corrected chi connectivity index (χ4v) is 3.27. The van der Waals surface area contributed by atoms with Crippen molar-refractivity contribution in [3.8, 4) is 5.75 Å². The molecule has 1 amide bonds. The van der Waals surface area contributed by atoms with Gasteiger partial charge >= 0.3 is 11.9 Å². The summed E-state index contributed by atoms with van der Waals surface area (Å²) in [6, 6.07) is 13.4. The molecule has 0 bridgehead atoms. The molecule has 0 unspecified atom stereocenters. The minimum Gasteiger partial charge on any atom is -0.482 e. The number of carbonyl (C=O) groups excluding carboxylic acids is 2. The Labute approximate surface area is 170 Å². The van der Waals surface area contributed by atoms with Crippen molar-refractivity contribution in [2.45, 2.75) is 0 Å². The lowest BCUT2D eigenvalue weighted by Gasteiger charge is -2.04. The normalized spacial score (nSPS) is 16.0. The number of amidine groups is 1. The van der Waals surface area contributed by atoms with E-state index in [1.807, 2.05) is 0 Å². The minimum absolute atomic E-state index is 0.290. The number of hydrogen-bond donors (Lipinski definition) is 2. The molecule has 0 aromatic heterocycles. The second-order valence-corrected chi connectivity index (χ2v) is 6.78. The average molecular weight is 412 g/mol. The fraction of sp³-hybridized carbons (Fsp3) is 0.100. The third-order valence-electron chi connectivity index (χ3n) is 3.70. The van der Waals surface area contributed by atoms with Gasteiger partial charge in [0.05, 0.1) is 23.3 Å². The van der Waals surface area contributed by atoms with Crippen molar-refractivity contribution in [3.05, 3.63) is 64.6 Å². The van der Waals surface area contributed by atoms with Crippen LogP contribution in [-0.2, 0) is 14.3 Å². The van der Waals surface area contributed by atoms with Crippen LogP contribution in [0.4, 0.5) is 5.69 Å². The Morgan fingerprint density at radius 1 is 1.21 bits per heavy atom. The molecule has 1 aliphatic heterocycles. The summed E-state index contributed by atoms with van der Waals surface area (Å²) in [7, 11) is 1.29. The van der Waals surface area contributed by atoms with Crippen LogP contribution in [0.3, 0.4) is 0 Å². The number of nitrogens with one attached hydrogen (secondary N) is 1. The van der Waals surface area contributed by atoms with Crippen LogP contribution in [-0.4, -0.2) is 41.8 Å². The molecule has 0 atom stereocenters. The SMILES string of the molecule is COC(=O)c1ccccc1N=C1NC(=O)/C(=C\c2cccc(OCC(=O)O)c2)S1. The van der Waals surface area contributed by atoms with Crippen molar-refractivity contribution in [2.24, 2.45) is 4.99 Å². The first-order chi connectivity index (χ1) is 14.0. The van der Waals surface area contributed by atoms with E-state index in [0.717, 1.165) is 11.8 Å².